The summed E-state index contributed by atoms with van der Waals surface area (Å²) < 4.78 is 0. The molecule has 0 fully saturated rings. The van der Waals surface area contributed by atoms with Crippen LogP contribution >= 0.6 is 23.5 Å². The number of hydrogen-bond acceptors (Lipinski definition) is 5. The molecule has 0 aliphatic carbocycles. The second-order valence-corrected chi connectivity index (χ2v) is 5.87. The number of rotatable bonds is 4. The molecule has 0 unspecified atom stereocenters. The van der Waals surface area contributed by atoms with Crippen LogP contribution in [0.3, 0.4) is 0 Å². The lowest BCUT2D eigenvalue weighted by Crippen LogP contribution is -2.18. The number of benzene rings is 1. The van der Waals surface area contributed by atoms with Gasteiger partial charge in [-0.3, -0.25) is 9.59 Å². The van der Waals surface area contributed by atoms with Gasteiger partial charge in [0.25, 0.3) is 0 Å². The summed E-state index contributed by atoms with van der Waals surface area (Å²) in [5.41, 5.74) is 7.17. The van der Waals surface area contributed by atoms with Crippen molar-refractivity contribution in [3.63, 3.8) is 0 Å². The molecule has 0 saturated heterocycles. The number of carbonyl (C=O) groups excluding carboxylic acids is 1. The average Bonchev–Trinajstić information content (AvgIpc) is 2.29. The number of carbonyl (C=O) groups is 2. The lowest BCUT2D eigenvalue weighted by atomic mass is 10.2. The Bertz CT molecular complexity index is 505. The fraction of sp³-hybridized carbons (Fsp3) is 0.273. The first-order valence-corrected chi connectivity index (χ1v) is 7.24. The van der Waals surface area contributed by atoms with Crippen LogP contribution in [0.2, 0.25) is 0 Å². The predicted molar refractivity (Wildman–Crippen MR) is 73.2 cm³/mol. The number of nitrogen functional groups attached to an aromatic ring is 1. The Morgan fingerprint density at radius 3 is 3.06 bits per heavy atom. The summed E-state index contributed by atoms with van der Waals surface area (Å²) in [6, 6.07) is 3.63. The molecular weight excluding hydrogens is 272 g/mol. The Labute approximate surface area is 113 Å². The Hall–Kier alpha value is -1.34. The van der Waals surface area contributed by atoms with Crippen LogP contribution in [-0.2, 0) is 9.59 Å². The van der Waals surface area contributed by atoms with Gasteiger partial charge in [-0.25, -0.2) is 0 Å². The molecule has 0 bridgehead atoms. The molecule has 0 aromatic heterocycles. The molecule has 1 aliphatic heterocycles. The monoisotopic (exact) mass is 284 g/mol. The fourth-order valence-electron chi connectivity index (χ4n) is 1.50. The van der Waals surface area contributed by atoms with E-state index in [2.05, 4.69) is 5.32 Å². The van der Waals surface area contributed by atoms with Gasteiger partial charge in [0.15, 0.2) is 0 Å². The second kappa shape index (κ2) is 5.53. The van der Waals surface area contributed by atoms with Crippen molar-refractivity contribution in [3.8, 4) is 0 Å². The lowest BCUT2D eigenvalue weighted by Gasteiger charge is -2.18. The van der Waals surface area contributed by atoms with Gasteiger partial charge in [0, 0.05) is 21.2 Å². The first-order chi connectivity index (χ1) is 8.56. The largest absolute Gasteiger partial charge is 0.481 e. The maximum Gasteiger partial charge on any atom is 0.304 e. The van der Waals surface area contributed by atoms with E-state index in [4.69, 9.17) is 10.8 Å². The lowest BCUT2D eigenvalue weighted by molar-refractivity contribution is -0.136. The van der Waals surface area contributed by atoms with E-state index in [-0.39, 0.29) is 12.3 Å². The summed E-state index contributed by atoms with van der Waals surface area (Å²) >= 11 is 2.88. The average molecular weight is 284 g/mol. The topological polar surface area (TPSA) is 92.4 Å². The number of anilines is 2. The number of carboxylic acids is 1. The molecule has 7 heteroatoms. The maximum atomic E-state index is 11.2. The molecule has 1 aromatic rings. The van der Waals surface area contributed by atoms with Crippen LogP contribution in [0.5, 0.6) is 0 Å². The summed E-state index contributed by atoms with van der Waals surface area (Å²) in [4.78, 5) is 23.5. The van der Waals surface area contributed by atoms with Gasteiger partial charge in [0.05, 0.1) is 17.9 Å². The van der Waals surface area contributed by atoms with Crippen molar-refractivity contribution < 1.29 is 14.7 Å². The van der Waals surface area contributed by atoms with Crippen LogP contribution in [-0.4, -0.2) is 28.5 Å². The fourth-order valence-corrected chi connectivity index (χ4v) is 3.32. The highest BCUT2D eigenvalue weighted by Gasteiger charge is 2.17. The van der Waals surface area contributed by atoms with Crippen molar-refractivity contribution in [2.75, 3.05) is 22.6 Å². The molecule has 4 N–H and O–H groups in total. The quantitative estimate of drug-likeness (QED) is 0.577. The van der Waals surface area contributed by atoms with Gasteiger partial charge < -0.3 is 16.2 Å². The normalized spacial score (nSPS) is 13.9. The van der Waals surface area contributed by atoms with Gasteiger partial charge >= 0.3 is 5.97 Å². The maximum absolute atomic E-state index is 11.2. The molecule has 1 heterocycles. The van der Waals surface area contributed by atoms with E-state index in [1.54, 1.807) is 6.07 Å². The Balaban J connectivity index is 2.12. The molecule has 5 nitrogen and oxygen atoms in total. The Kier molecular flexibility index (Phi) is 4.03. The van der Waals surface area contributed by atoms with Crippen LogP contribution in [0.15, 0.2) is 21.9 Å². The van der Waals surface area contributed by atoms with Gasteiger partial charge in [-0.1, -0.05) is 0 Å². The molecule has 1 aliphatic rings. The summed E-state index contributed by atoms with van der Waals surface area (Å²) in [5.74, 6) is 0.0322. The van der Waals surface area contributed by atoms with Crippen LogP contribution in [0.4, 0.5) is 11.4 Å². The summed E-state index contributed by atoms with van der Waals surface area (Å²) in [7, 11) is 0. The molecule has 2 rings (SSSR count). The zero-order valence-corrected chi connectivity index (χ0v) is 11.1. The van der Waals surface area contributed by atoms with E-state index in [0.717, 1.165) is 15.5 Å². The number of carboxylic acid groups (broad SMARTS) is 1. The predicted octanol–water partition coefficient (Wildman–Crippen LogP) is 1.88. The highest BCUT2D eigenvalue weighted by atomic mass is 32.2. The first kappa shape index (κ1) is 13.1. The van der Waals surface area contributed by atoms with Crippen molar-refractivity contribution in [3.05, 3.63) is 12.1 Å². The third kappa shape index (κ3) is 3.11. The minimum Gasteiger partial charge on any atom is -0.481 e. The first-order valence-electron chi connectivity index (χ1n) is 5.27. The molecule has 1 amide bonds. The molecule has 96 valence electrons. The number of nitrogens with two attached hydrogens (primary N) is 1. The molecule has 0 atom stereocenters. The smallest absolute Gasteiger partial charge is 0.304 e. The Morgan fingerprint density at radius 2 is 2.33 bits per heavy atom. The van der Waals surface area contributed by atoms with Crippen molar-refractivity contribution >= 4 is 46.8 Å². The molecular formula is C11H12N2O3S2. The van der Waals surface area contributed by atoms with Crippen LogP contribution in [0.25, 0.3) is 0 Å². The zero-order chi connectivity index (χ0) is 13.1. The van der Waals surface area contributed by atoms with E-state index >= 15 is 0 Å². The summed E-state index contributed by atoms with van der Waals surface area (Å²) in [6.45, 7) is 0. The number of nitrogens with one attached hydrogen (secondary N) is 1. The van der Waals surface area contributed by atoms with E-state index in [1.807, 2.05) is 6.07 Å². The van der Waals surface area contributed by atoms with Crippen LogP contribution in [0, 0.1) is 0 Å². The van der Waals surface area contributed by atoms with Crippen molar-refractivity contribution in [2.45, 2.75) is 16.2 Å². The third-order valence-corrected chi connectivity index (χ3v) is 4.45. The van der Waals surface area contributed by atoms with E-state index in [0.29, 0.717) is 17.2 Å². The standard InChI is InChI=1S/C11H12N2O3S2/c12-6-3-7-9(18-5-10(14)13-7)4-8(6)17-2-1-11(15)16/h3-4H,1-2,5,12H2,(H,13,14)(H,15,16). The molecule has 1 aromatic carbocycles. The van der Waals surface area contributed by atoms with Gasteiger partial charge in [0.1, 0.15) is 0 Å². The highest BCUT2D eigenvalue weighted by molar-refractivity contribution is 8.00. The van der Waals surface area contributed by atoms with Gasteiger partial charge in [-0.2, -0.15) is 0 Å². The third-order valence-electron chi connectivity index (χ3n) is 2.32. The second-order valence-electron chi connectivity index (χ2n) is 3.72. The van der Waals surface area contributed by atoms with Gasteiger partial charge in [0.2, 0.25) is 5.91 Å². The molecule has 18 heavy (non-hydrogen) atoms. The number of thioether (sulfide) groups is 2. The van der Waals surface area contributed by atoms with Gasteiger partial charge in [-0.05, 0) is 12.1 Å². The molecule has 0 spiro atoms. The molecule has 0 saturated carbocycles. The van der Waals surface area contributed by atoms with Crippen molar-refractivity contribution in [1.29, 1.82) is 0 Å². The van der Waals surface area contributed by atoms with E-state index in [1.165, 1.54) is 23.5 Å². The minimum atomic E-state index is -0.819. The van der Waals surface area contributed by atoms with E-state index < -0.39 is 5.97 Å². The number of hydrogen-bond donors (Lipinski definition) is 3. The summed E-state index contributed by atoms with van der Waals surface area (Å²) in [6.07, 6.45) is 0.102. The van der Waals surface area contributed by atoms with Crippen LogP contribution in [0.1, 0.15) is 6.42 Å². The van der Waals surface area contributed by atoms with Gasteiger partial charge in [-0.15, -0.1) is 23.5 Å². The SMILES string of the molecule is Nc1cc2c(cc1SCCC(=O)O)SCC(=O)N2. The number of amides is 1. The minimum absolute atomic E-state index is 0.0295. The number of fused-ring (bicyclic) bond motifs is 1. The van der Waals surface area contributed by atoms with Crippen molar-refractivity contribution in [2.24, 2.45) is 0 Å². The van der Waals surface area contributed by atoms with Crippen molar-refractivity contribution in [1.82, 2.24) is 0 Å². The zero-order valence-electron chi connectivity index (χ0n) is 9.43. The molecule has 0 radical (unpaired) electrons. The van der Waals surface area contributed by atoms with Crippen LogP contribution < -0.4 is 11.1 Å². The summed E-state index contributed by atoms with van der Waals surface area (Å²) in [5, 5.41) is 11.3. The number of aliphatic carboxylic acids is 1. The Morgan fingerprint density at radius 1 is 1.56 bits per heavy atom. The highest BCUT2D eigenvalue weighted by Crippen LogP contribution is 2.38. The van der Waals surface area contributed by atoms with E-state index in [9.17, 15) is 9.59 Å².